The van der Waals surface area contributed by atoms with Gasteiger partial charge in [0.25, 0.3) is 5.56 Å². The van der Waals surface area contributed by atoms with E-state index in [4.69, 9.17) is 11.6 Å². The topological polar surface area (TPSA) is 34.9 Å². The molecule has 0 aliphatic carbocycles. The summed E-state index contributed by atoms with van der Waals surface area (Å²) in [5.74, 6) is 1.26. The highest BCUT2D eigenvalue weighted by atomic mass is 35.5. The predicted molar refractivity (Wildman–Crippen MR) is 71.6 cm³/mol. The van der Waals surface area contributed by atoms with Crippen molar-refractivity contribution in [1.82, 2.24) is 9.55 Å². The minimum Gasteiger partial charge on any atom is -0.297 e. The average molecular weight is 257 g/mol. The fourth-order valence-electron chi connectivity index (χ4n) is 1.98. The van der Waals surface area contributed by atoms with E-state index in [1.54, 1.807) is 4.57 Å². The molecular weight excluding hydrogens is 236 g/mol. The van der Waals surface area contributed by atoms with Crippen LogP contribution in [0.4, 0.5) is 0 Å². The number of aromatic nitrogens is 2. The molecule has 0 spiro atoms. The predicted octanol–water partition coefficient (Wildman–Crippen LogP) is 3.42. The summed E-state index contributed by atoms with van der Waals surface area (Å²) in [5, 5.41) is 0.283. The molecule has 0 N–H and O–H groups in total. The molecule has 96 valence electrons. The van der Waals surface area contributed by atoms with Crippen molar-refractivity contribution in [3.63, 3.8) is 0 Å². The molecule has 1 unspecified atom stereocenters. The van der Waals surface area contributed by atoms with E-state index < -0.39 is 0 Å². The molecule has 1 aromatic rings. The van der Waals surface area contributed by atoms with E-state index in [9.17, 15) is 4.79 Å². The molecule has 3 nitrogen and oxygen atoms in total. The highest BCUT2D eigenvalue weighted by molar-refractivity contribution is 6.29. The maximum Gasteiger partial charge on any atom is 0.254 e. The Morgan fingerprint density at radius 2 is 2.18 bits per heavy atom. The Hall–Kier alpha value is -0.830. The Morgan fingerprint density at radius 3 is 2.71 bits per heavy atom. The van der Waals surface area contributed by atoms with Gasteiger partial charge < -0.3 is 0 Å². The number of hydrogen-bond donors (Lipinski definition) is 0. The molecule has 0 saturated heterocycles. The fourth-order valence-corrected chi connectivity index (χ4v) is 2.20. The van der Waals surface area contributed by atoms with Crippen molar-refractivity contribution in [2.24, 2.45) is 5.92 Å². The van der Waals surface area contributed by atoms with Crippen molar-refractivity contribution in [2.75, 3.05) is 0 Å². The van der Waals surface area contributed by atoms with Crippen molar-refractivity contribution < 1.29 is 0 Å². The molecule has 1 atom stereocenters. The van der Waals surface area contributed by atoms with Crippen molar-refractivity contribution in [3.05, 3.63) is 27.4 Å². The first kappa shape index (κ1) is 14.2. The van der Waals surface area contributed by atoms with Crippen LogP contribution in [0, 0.1) is 12.8 Å². The lowest BCUT2D eigenvalue weighted by molar-refractivity contribution is 0.379. The standard InChI is InChI=1S/C13H21ClN2O/c1-4-6-7-11(5-2)9-16-10(3)15-12(14)8-13(16)17/h8,11H,4-7,9H2,1-3H3. The maximum absolute atomic E-state index is 11.8. The van der Waals surface area contributed by atoms with Crippen molar-refractivity contribution >= 4 is 11.6 Å². The maximum atomic E-state index is 11.8. The van der Waals surface area contributed by atoms with Crippen LogP contribution >= 0.6 is 11.6 Å². The SMILES string of the molecule is CCCCC(CC)Cn1c(C)nc(Cl)cc1=O. The third-order valence-corrected chi connectivity index (χ3v) is 3.35. The monoisotopic (exact) mass is 256 g/mol. The quantitative estimate of drug-likeness (QED) is 0.731. The zero-order valence-corrected chi connectivity index (χ0v) is 11.6. The highest BCUT2D eigenvalue weighted by Crippen LogP contribution is 2.15. The zero-order chi connectivity index (χ0) is 12.8. The molecular formula is C13H21ClN2O. The van der Waals surface area contributed by atoms with E-state index in [0.717, 1.165) is 13.0 Å². The Balaban J connectivity index is 2.82. The molecule has 0 aliphatic heterocycles. The highest BCUT2D eigenvalue weighted by Gasteiger charge is 2.10. The Bertz CT molecular complexity index is 414. The first-order valence-electron chi connectivity index (χ1n) is 6.32. The second kappa shape index (κ2) is 6.80. The van der Waals surface area contributed by atoms with Gasteiger partial charge in [-0.15, -0.1) is 0 Å². The molecule has 0 aliphatic rings. The zero-order valence-electron chi connectivity index (χ0n) is 10.9. The normalized spacial score (nSPS) is 12.7. The number of hydrogen-bond acceptors (Lipinski definition) is 2. The van der Waals surface area contributed by atoms with Gasteiger partial charge in [-0.2, -0.15) is 0 Å². The van der Waals surface area contributed by atoms with Gasteiger partial charge in [0.2, 0.25) is 0 Å². The summed E-state index contributed by atoms with van der Waals surface area (Å²) >= 11 is 5.75. The number of nitrogens with zero attached hydrogens (tertiary/aromatic N) is 2. The van der Waals surface area contributed by atoms with E-state index in [-0.39, 0.29) is 10.7 Å². The lowest BCUT2D eigenvalue weighted by Crippen LogP contribution is -2.26. The van der Waals surface area contributed by atoms with Gasteiger partial charge in [-0.3, -0.25) is 9.36 Å². The first-order valence-corrected chi connectivity index (χ1v) is 6.70. The minimum atomic E-state index is -0.0440. The van der Waals surface area contributed by atoms with Crippen LogP contribution in [-0.4, -0.2) is 9.55 Å². The summed E-state index contributed by atoms with van der Waals surface area (Å²) < 4.78 is 1.73. The largest absolute Gasteiger partial charge is 0.297 e. The van der Waals surface area contributed by atoms with Gasteiger partial charge in [0.1, 0.15) is 11.0 Å². The molecule has 17 heavy (non-hydrogen) atoms. The summed E-state index contributed by atoms with van der Waals surface area (Å²) in [4.78, 5) is 16.0. The van der Waals surface area contributed by atoms with Gasteiger partial charge >= 0.3 is 0 Å². The second-order valence-electron chi connectivity index (χ2n) is 4.49. The van der Waals surface area contributed by atoms with Crippen LogP contribution in [0.25, 0.3) is 0 Å². The molecule has 0 aromatic carbocycles. The molecule has 0 amide bonds. The van der Waals surface area contributed by atoms with Crippen LogP contribution in [0.1, 0.15) is 45.4 Å². The number of halogens is 1. The lowest BCUT2D eigenvalue weighted by Gasteiger charge is -2.17. The van der Waals surface area contributed by atoms with Gasteiger partial charge in [0.15, 0.2) is 0 Å². The summed E-state index contributed by atoms with van der Waals surface area (Å²) in [6, 6.07) is 1.39. The number of rotatable bonds is 6. The summed E-state index contributed by atoms with van der Waals surface area (Å²) in [5.41, 5.74) is -0.0440. The van der Waals surface area contributed by atoms with Gasteiger partial charge in [-0.25, -0.2) is 4.98 Å². The van der Waals surface area contributed by atoms with E-state index >= 15 is 0 Å². The molecule has 4 heteroatoms. The van der Waals surface area contributed by atoms with Crippen LogP contribution in [0.2, 0.25) is 5.15 Å². The van der Waals surface area contributed by atoms with Gasteiger partial charge in [-0.05, 0) is 19.3 Å². The Morgan fingerprint density at radius 1 is 1.47 bits per heavy atom. The van der Waals surface area contributed by atoms with E-state index in [2.05, 4.69) is 18.8 Å². The molecule has 0 radical (unpaired) electrons. The second-order valence-corrected chi connectivity index (χ2v) is 4.88. The molecule has 0 saturated carbocycles. The molecule has 1 heterocycles. The van der Waals surface area contributed by atoms with Crippen molar-refractivity contribution in [2.45, 2.75) is 53.0 Å². The van der Waals surface area contributed by atoms with Crippen LogP contribution in [0.15, 0.2) is 10.9 Å². The van der Waals surface area contributed by atoms with Crippen molar-refractivity contribution in [3.8, 4) is 0 Å². The van der Waals surface area contributed by atoms with E-state index in [1.807, 2.05) is 6.92 Å². The third kappa shape index (κ3) is 4.15. The van der Waals surface area contributed by atoms with Crippen LogP contribution in [0.3, 0.4) is 0 Å². The summed E-state index contributed by atoms with van der Waals surface area (Å²) in [6.07, 6.45) is 4.67. The number of aryl methyl sites for hydroxylation is 1. The first-order chi connectivity index (χ1) is 8.08. The lowest BCUT2D eigenvalue weighted by atomic mass is 9.99. The van der Waals surface area contributed by atoms with E-state index in [1.165, 1.54) is 25.3 Å². The fraction of sp³-hybridized carbons (Fsp3) is 0.692. The van der Waals surface area contributed by atoms with Crippen LogP contribution in [-0.2, 0) is 6.54 Å². The van der Waals surface area contributed by atoms with Gasteiger partial charge in [-0.1, -0.05) is 44.7 Å². The average Bonchev–Trinajstić information content (AvgIpc) is 2.27. The third-order valence-electron chi connectivity index (χ3n) is 3.15. The molecule has 0 fully saturated rings. The molecule has 0 bridgehead atoms. The van der Waals surface area contributed by atoms with E-state index in [0.29, 0.717) is 11.7 Å². The number of unbranched alkanes of at least 4 members (excludes halogenated alkanes) is 1. The minimum absolute atomic E-state index is 0.0440. The van der Waals surface area contributed by atoms with Gasteiger partial charge in [0, 0.05) is 12.6 Å². The van der Waals surface area contributed by atoms with Crippen LogP contribution < -0.4 is 5.56 Å². The van der Waals surface area contributed by atoms with Crippen LogP contribution in [0.5, 0.6) is 0 Å². The summed E-state index contributed by atoms with van der Waals surface area (Å²) in [6.45, 7) is 6.95. The van der Waals surface area contributed by atoms with Crippen molar-refractivity contribution in [1.29, 1.82) is 0 Å². The smallest absolute Gasteiger partial charge is 0.254 e. The Kier molecular flexibility index (Phi) is 5.69. The molecule has 1 aromatic heterocycles. The summed E-state index contributed by atoms with van der Waals surface area (Å²) in [7, 11) is 0. The van der Waals surface area contributed by atoms with Gasteiger partial charge in [0.05, 0.1) is 0 Å². The Labute approximate surface area is 108 Å². The molecule has 1 rings (SSSR count).